The number of carbonyl (C=O) groups is 1. The average molecular weight is 614 g/mol. The molecule has 1 radical (unpaired) electrons. The summed E-state index contributed by atoms with van der Waals surface area (Å²) in [5, 5.41) is 7.22. The molecule has 197 valence electrons. The van der Waals surface area contributed by atoms with Crippen LogP contribution in [0, 0.1) is 0 Å². The van der Waals surface area contributed by atoms with Gasteiger partial charge in [0.1, 0.15) is 0 Å². The number of nitrogens with one attached hydrogen (secondary N) is 3. The molecule has 3 heterocycles. The average Bonchev–Trinajstić information content (AvgIpc) is 2.90. The van der Waals surface area contributed by atoms with Gasteiger partial charge in [-0.1, -0.05) is 0 Å². The molecule has 37 heavy (non-hydrogen) atoms. The predicted octanol–water partition coefficient (Wildman–Crippen LogP) is 0.604. The quantitative estimate of drug-likeness (QED) is 0.339. The normalized spacial score (nSPS) is 19.5. The van der Waals surface area contributed by atoms with Crippen LogP contribution in [-0.4, -0.2) is 90.1 Å². The number of aryl methyl sites for hydroxylation is 1. The third-order valence-electron chi connectivity index (χ3n) is 7.50. The second kappa shape index (κ2) is 12.6. The molecule has 0 bridgehead atoms. The van der Waals surface area contributed by atoms with Crippen LogP contribution in [0.2, 0.25) is 0 Å². The van der Waals surface area contributed by atoms with E-state index in [1.165, 1.54) is 11.9 Å². The van der Waals surface area contributed by atoms with Crippen molar-refractivity contribution in [3.05, 3.63) is 46.3 Å². The van der Waals surface area contributed by atoms with E-state index in [9.17, 15) is 13.6 Å². The van der Waals surface area contributed by atoms with Crippen molar-refractivity contribution in [1.29, 1.82) is 0 Å². The summed E-state index contributed by atoms with van der Waals surface area (Å²) in [6.45, 7) is 5.65. The first-order valence-electron chi connectivity index (χ1n) is 13.1. The number of nitrogens with two attached hydrogens (primary N) is 1. The van der Waals surface area contributed by atoms with Gasteiger partial charge in [-0.3, -0.25) is 0 Å². The number of benzene rings is 1. The summed E-state index contributed by atoms with van der Waals surface area (Å²) in [7, 11) is 1.73. The Balaban J connectivity index is 1.73. The first kappa shape index (κ1) is 27.8. The van der Waals surface area contributed by atoms with Crippen LogP contribution in [0.15, 0.2) is 29.6 Å². The molecule has 1 aromatic rings. The first-order chi connectivity index (χ1) is 17.8. The maximum atomic E-state index is 14.3. The fraction of sp³-hybridized carbons (Fsp3) is 0.519. The van der Waals surface area contributed by atoms with Gasteiger partial charge in [-0.05, 0) is 0 Å². The maximum absolute atomic E-state index is 14.3. The van der Waals surface area contributed by atoms with Crippen molar-refractivity contribution < 1.29 is 18.6 Å². The number of amides is 1. The van der Waals surface area contributed by atoms with Gasteiger partial charge in [0.25, 0.3) is 0 Å². The zero-order chi connectivity index (χ0) is 26.5. The van der Waals surface area contributed by atoms with Crippen LogP contribution in [0.3, 0.4) is 0 Å². The van der Waals surface area contributed by atoms with E-state index in [0.29, 0.717) is 30.3 Å². The van der Waals surface area contributed by atoms with Crippen molar-refractivity contribution in [1.82, 2.24) is 15.5 Å². The Kier molecular flexibility index (Phi) is 9.45. The van der Waals surface area contributed by atoms with Gasteiger partial charge < -0.3 is 0 Å². The monoisotopic (exact) mass is 614 g/mol. The molecule has 3 aliphatic heterocycles. The van der Waals surface area contributed by atoms with Crippen molar-refractivity contribution in [2.75, 3.05) is 44.7 Å². The Morgan fingerprint density at radius 2 is 2.03 bits per heavy atom. The number of anilines is 1. The van der Waals surface area contributed by atoms with Gasteiger partial charge in [0.05, 0.1) is 0 Å². The summed E-state index contributed by atoms with van der Waals surface area (Å²) in [6.07, 6.45) is 5.08. The Hall–Kier alpha value is -2.20. The summed E-state index contributed by atoms with van der Waals surface area (Å²) in [4.78, 5) is 19.3. The molecule has 0 atom stereocenters. The molecule has 0 aromatic heterocycles. The number of halogens is 2. The van der Waals surface area contributed by atoms with Gasteiger partial charge >= 0.3 is 233 Å². The number of alkyl halides is 2. The van der Waals surface area contributed by atoms with E-state index >= 15 is 0 Å². The zero-order valence-electron chi connectivity index (χ0n) is 21.7. The number of nitrogens with zero attached hydrogens (tertiary/aromatic N) is 2. The molecule has 0 unspecified atom stereocenters. The topological polar surface area (TPSA) is 87.6 Å². The first-order valence-corrected chi connectivity index (χ1v) is 14.7. The molecule has 5 N–H and O–H groups in total. The van der Waals surface area contributed by atoms with Gasteiger partial charge in [-0.2, -0.15) is 0 Å². The number of fused-ring (bicyclic) bond motifs is 1. The van der Waals surface area contributed by atoms with Gasteiger partial charge in [-0.15, -0.1) is 0 Å². The third kappa shape index (κ3) is 6.28. The van der Waals surface area contributed by atoms with E-state index in [4.69, 9.17) is 5.73 Å². The van der Waals surface area contributed by atoms with E-state index in [1.807, 2.05) is 11.0 Å². The van der Waals surface area contributed by atoms with Crippen LogP contribution >= 0.6 is 0 Å². The van der Waals surface area contributed by atoms with E-state index in [1.54, 1.807) is 26.3 Å². The van der Waals surface area contributed by atoms with Crippen LogP contribution in [0.1, 0.15) is 55.7 Å². The van der Waals surface area contributed by atoms with Gasteiger partial charge in [0.15, 0.2) is 0 Å². The molecule has 0 spiro atoms. The molecule has 0 aliphatic carbocycles. The molecule has 1 amide bonds. The minimum atomic E-state index is -2.62. The summed E-state index contributed by atoms with van der Waals surface area (Å²) >= 11 is 0.818. The fourth-order valence-corrected chi connectivity index (χ4v) is 7.03. The van der Waals surface area contributed by atoms with Crippen molar-refractivity contribution >= 4 is 50.7 Å². The van der Waals surface area contributed by atoms with E-state index in [-0.39, 0.29) is 11.5 Å². The summed E-state index contributed by atoms with van der Waals surface area (Å²) in [5.74, 6) is 0.0670. The van der Waals surface area contributed by atoms with Crippen LogP contribution in [0.4, 0.5) is 14.5 Å². The fourth-order valence-electron chi connectivity index (χ4n) is 5.50. The van der Waals surface area contributed by atoms with Gasteiger partial charge in [0, 0.05) is 0 Å². The van der Waals surface area contributed by atoms with E-state index < -0.39 is 6.43 Å². The molecule has 1 fully saturated rings. The Morgan fingerprint density at radius 3 is 2.68 bits per heavy atom. The number of allylic oxidation sites excluding steroid dienone is 1. The second-order valence-electron chi connectivity index (χ2n) is 9.88. The molecule has 0 saturated carbocycles. The van der Waals surface area contributed by atoms with Gasteiger partial charge in [-0.25, -0.2) is 0 Å². The van der Waals surface area contributed by atoms with Gasteiger partial charge in [0.2, 0.25) is 0 Å². The Bertz CT molecular complexity index is 1130. The van der Waals surface area contributed by atoms with Crippen molar-refractivity contribution in [2.45, 2.75) is 51.5 Å². The molecule has 10 heteroatoms. The van der Waals surface area contributed by atoms with Crippen molar-refractivity contribution in [3.8, 4) is 0 Å². The van der Waals surface area contributed by atoms with Crippen LogP contribution < -0.4 is 26.3 Å². The molecule has 1 saturated heterocycles. The van der Waals surface area contributed by atoms with Crippen LogP contribution in [0.5, 0.6) is 0 Å². The van der Waals surface area contributed by atoms with E-state index in [0.717, 1.165) is 95.8 Å². The SMILES string of the molecule is C[NH+]=C/C(=C\N)c1cc2c(cc1C(F)F)N([C](=[In])C1=C(NC3CCNCC3)CCN(C(C)=O)C1)CCC2. The predicted molar refractivity (Wildman–Crippen MR) is 146 cm³/mol. The number of rotatable bonds is 7. The standard InChI is InChI=1S/C27H36F2N6O.In/c1-18(36)34-11-7-25(33-22-5-8-32-9-6-22)21(16-34)17-35-10-3-4-19-12-23(20(14-30)15-31-2)24(27(28)29)13-26(19)35;/h12-15,22,27,32-33H,3-11,16,30H2,1-2H3;/p+1/b20-14+,31-15?;. The summed E-state index contributed by atoms with van der Waals surface area (Å²) < 4.78 is 29.7. The molecular formula is C27H37F2InN6O+. The molecule has 4 rings (SSSR count). The third-order valence-corrected chi connectivity index (χ3v) is 9.39. The molecular weight excluding hydrogens is 577 g/mol. The number of hydrogen-bond acceptors (Lipinski definition) is 5. The summed E-state index contributed by atoms with van der Waals surface area (Å²) in [6, 6.07) is 3.95. The number of piperidine rings is 1. The Labute approximate surface area is 232 Å². The van der Waals surface area contributed by atoms with Crippen LogP contribution in [-0.2, 0) is 11.2 Å². The molecule has 1 aromatic carbocycles. The zero-order valence-corrected chi connectivity index (χ0v) is 25.0. The molecule has 7 nitrogen and oxygen atoms in total. The van der Waals surface area contributed by atoms with Crippen molar-refractivity contribution in [2.24, 2.45) is 5.73 Å². The Morgan fingerprint density at radius 1 is 1.27 bits per heavy atom. The molecule has 3 aliphatic rings. The second-order valence-corrected chi connectivity index (χ2v) is 11.4. The number of hydrogen-bond donors (Lipinski definition) is 4. The number of carbonyl (C=O) groups excluding carboxylic acids is 1. The van der Waals surface area contributed by atoms with E-state index in [2.05, 4.69) is 20.5 Å². The minimum absolute atomic E-state index is 0.0155. The van der Waals surface area contributed by atoms with Crippen molar-refractivity contribution in [3.63, 3.8) is 0 Å². The van der Waals surface area contributed by atoms with Crippen LogP contribution in [0.25, 0.3) is 5.57 Å². The summed E-state index contributed by atoms with van der Waals surface area (Å²) in [5.41, 5.74) is 11.1.